The van der Waals surface area contributed by atoms with Crippen LogP contribution in [0, 0.1) is 11.7 Å². The molecule has 2 aromatic carbocycles. The van der Waals surface area contributed by atoms with Gasteiger partial charge < -0.3 is 15.0 Å². The molecule has 1 aliphatic heterocycles. The predicted molar refractivity (Wildman–Crippen MR) is 144 cm³/mol. The molecule has 2 amide bonds. The number of halogens is 1. The molecule has 1 aliphatic rings. The highest BCUT2D eigenvalue weighted by molar-refractivity contribution is 7.10. The molecule has 0 radical (unpaired) electrons. The van der Waals surface area contributed by atoms with Crippen LogP contribution < -0.4 is 5.32 Å². The zero-order chi connectivity index (χ0) is 27.4. The fourth-order valence-corrected chi connectivity index (χ4v) is 6.11. The van der Waals surface area contributed by atoms with Crippen LogP contribution in [0.3, 0.4) is 0 Å². The fourth-order valence-electron chi connectivity index (χ4n) is 5.24. The summed E-state index contributed by atoms with van der Waals surface area (Å²) in [7, 11) is 1.31. The van der Waals surface area contributed by atoms with Gasteiger partial charge in [-0.1, -0.05) is 48.5 Å². The van der Waals surface area contributed by atoms with Crippen LogP contribution in [0.2, 0.25) is 0 Å². The van der Waals surface area contributed by atoms with E-state index in [2.05, 4.69) is 10.3 Å². The summed E-state index contributed by atoms with van der Waals surface area (Å²) in [4.78, 5) is 48.0. The lowest BCUT2D eigenvalue weighted by molar-refractivity contribution is -0.146. The average molecular weight is 544 g/mol. The Bertz CT molecular complexity index is 1430. The lowest BCUT2D eigenvalue weighted by Crippen LogP contribution is -2.48. The number of pyridine rings is 1. The second kappa shape index (κ2) is 11.6. The van der Waals surface area contributed by atoms with Crippen LogP contribution in [0.1, 0.15) is 38.3 Å². The minimum absolute atomic E-state index is 0.124. The van der Waals surface area contributed by atoms with Gasteiger partial charge in [-0.15, -0.1) is 11.3 Å². The minimum atomic E-state index is -1.04. The van der Waals surface area contributed by atoms with E-state index in [0.29, 0.717) is 11.1 Å². The van der Waals surface area contributed by atoms with Crippen LogP contribution in [0.25, 0.3) is 0 Å². The first-order valence-corrected chi connectivity index (χ1v) is 13.3. The molecule has 1 fully saturated rings. The molecule has 4 atom stereocenters. The van der Waals surface area contributed by atoms with Gasteiger partial charge in [-0.3, -0.25) is 19.4 Å². The van der Waals surface area contributed by atoms with Gasteiger partial charge in [0.2, 0.25) is 5.91 Å². The monoisotopic (exact) mass is 543 g/mol. The number of aromatic nitrogens is 1. The van der Waals surface area contributed by atoms with Gasteiger partial charge in [-0.25, -0.2) is 4.39 Å². The van der Waals surface area contributed by atoms with Crippen LogP contribution in [-0.2, 0) is 20.9 Å². The van der Waals surface area contributed by atoms with Crippen molar-refractivity contribution < 1.29 is 23.5 Å². The minimum Gasteiger partial charge on any atom is -0.469 e. The molecule has 2 aromatic heterocycles. The summed E-state index contributed by atoms with van der Waals surface area (Å²) in [5.74, 6) is -3.29. The van der Waals surface area contributed by atoms with Crippen molar-refractivity contribution in [1.82, 2.24) is 15.2 Å². The number of methoxy groups -OCH3 is 1. The third kappa shape index (κ3) is 5.31. The molecular formula is C30H26FN3O4S. The molecule has 198 valence electrons. The van der Waals surface area contributed by atoms with E-state index in [0.717, 1.165) is 10.4 Å². The van der Waals surface area contributed by atoms with E-state index in [9.17, 15) is 18.8 Å². The predicted octanol–water partition coefficient (Wildman–Crippen LogP) is 4.74. The van der Waals surface area contributed by atoms with Crippen LogP contribution in [0.4, 0.5) is 4.39 Å². The van der Waals surface area contributed by atoms with Crippen molar-refractivity contribution in [3.8, 4) is 0 Å². The number of ether oxygens (including phenoxy) is 1. The Balaban J connectivity index is 1.64. The average Bonchev–Trinajstić information content (AvgIpc) is 3.63. The first-order chi connectivity index (χ1) is 19.0. The number of nitrogens with zero attached hydrogens (tertiary/aromatic N) is 2. The number of benzene rings is 2. The lowest BCUT2D eigenvalue weighted by Gasteiger charge is -2.31. The molecule has 9 heteroatoms. The Morgan fingerprint density at radius 2 is 1.77 bits per heavy atom. The Morgan fingerprint density at radius 3 is 2.41 bits per heavy atom. The number of carbonyl (C=O) groups is 3. The van der Waals surface area contributed by atoms with E-state index < -0.39 is 41.7 Å². The summed E-state index contributed by atoms with van der Waals surface area (Å²) >= 11 is 1.41. The van der Waals surface area contributed by atoms with Crippen LogP contribution in [0.15, 0.2) is 96.6 Å². The summed E-state index contributed by atoms with van der Waals surface area (Å²) in [5, 5.41) is 4.79. The van der Waals surface area contributed by atoms with Crippen molar-refractivity contribution in [3.63, 3.8) is 0 Å². The number of likely N-dealkylation sites (tertiary alicyclic amines) is 1. The number of rotatable bonds is 7. The van der Waals surface area contributed by atoms with Crippen molar-refractivity contribution in [2.75, 3.05) is 7.11 Å². The molecule has 0 bridgehead atoms. The van der Waals surface area contributed by atoms with Crippen LogP contribution in [0.5, 0.6) is 0 Å². The Morgan fingerprint density at radius 1 is 1.00 bits per heavy atom. The number of amides is 2. The topological polar surface area (TPSA) is 88.6 Å². The molecule has 1 N–H and O–H groups in total. The Hall–Kier alpha value is -4.37. The maximum atomic E-state index is 14.1. The molecule has 0 saturated carbocycles. The largest absolute Gasteiger partial charge is 0.469 e. The maximum Gasteiger partial charge on any atom is 0.311 e. The fraction of sp³-hybridized carbons (Fsp3) is 0.200. The number of esters is 1. The van der Waals surface area contributed by atoms with Gasteiger partial charge in [0, 0.05) is 29.7 Å². The third-order valence-electron chi connectivity index (χ3n) is 6.95. The first kappa shape index (κ1) is 26.2. The molecule has 4 aromatic rings. The maximum absolute atomic E-state index is 14.1. The summed E-state index contributed by atoms with van der Waals surface area (Å²) in [6, 6.07) is 20.2. The molecule has 3 heterocycles. The quantitative estimate of drug-likeness (QED) is 0.340. The van der Waals surface area contributed by atoms with Gasteiger partial charge in [0.05, 0.1) is 24.6 Å². The second-order valence-electron chi connectivity index (χ2n) is 9.19. The standard InChI is InChI=1S/C30H26FN3O4S/c1-38-30(37)25-24(20-7-3-2-4-8-20)27(28(35)33-17-19-11-13-22(31)14-12-19)34(26(25)23-10-6-16-39-23)29(36)21-9-5-15-32-18-21/h2-16,18,24-27H,17H2,1H3,(H,33,35). The summed E-state index contributed by atoms with van der Waals surface area (Å²) < 4.78 is 18.7. The molecule has 0 spiro atoms. The third-order valence-corrected chi connectivity index (χ3v) is 7.89. The van der Waals surface area contributed by atoms with E-state index in [1.165, 1.54) is 41.7 Å². The van der Waals surface area contributed by atoms with Crippen LogP contribution in [-0.4, -0.2) is 40.8 Å². The smallest absolute Gasteiger partial charge is 0.311 e. The highest BCUT2D eigenvalue weighted by atomic mass is 32.1. The van der Waals surface area contributed by atoms with Crippen molar-refractivity contribution >= 4 is 29.1 Å². The Labute approximate surface area is 229 Å². The number of carbonyl (C=O) groups excluding carboxylic acids is 3. The van der Waals surface area contributed by atoms with E-state index in [1.807, 2.05) is 47.8 Å². The zero-order valence-electron chi connectivity index (χ0n) is 21.1. The number of nitrogens with one attached hydrogen (secondary N) is 1. The van der Waals surface area contributed by atoms with Gasteiger partial charge in [-0.2, -0.15) is 0 Å². The van der Waals surface area contributed by atoms with E-state index in [1.54, 1.807) is 30.5 Å². The van der Waals surface area contributed by atoms with E-state index in [-0.39, 0.29) is 12.4 Å². The number of hydrogen-bond acceptors (Lipinski definition) is 6. The van der Waals surface area contributed by atoms with Crippen molar-refractivity contribution in [3.05, 3.63) is 124 Å². The summed E-state index contributed by atoms with van der Waals surface area (Å²) in [6.45, 7) is 0.124. The molecule has 1 saturated heterocycles. The lowest BCUT2D eigenvalue weighted by atomic mass is 9.81. The van der Waals surface area contributed by atoms with E-state index >= 15 is 0 Å². The molecule has 5 rings (SSSR count). The SMILES string of the molecule is COC(=O)C1C(c2ccccc2)C(C(=O)NCc2ccc(F)cc2)N(C(=O)c2cccnc2)C1c1cccs1. The van der Waals surface area contributed by atoms with Crippen molar-refractivity contribution in [2.24, 2.45) is 5.92 Å². The van der Waals surface area contributed by atoms with Crippen molar-refractivity contribution in [1.29, 1.82) is 0 Å². The first-order valence-electron chi connectivity index (χ1n) is 12.4. The number of hydrogen-bond donors (Lipinski definition) is 1. The summed E-state index contributed by atoms with van der Waals surface area (Å²) in [6.07, 6.45) is 3.01. The van der Waals surface area contributed by atoms with Gasteiger partial charge in [-0.05, 0) is 46.8 Å². The normalized spacial score (nSPS) is 20.4. The molecule has 0 aliphatic carbocycles. The highest BCUT2D eigenvalue weighted by Gasteiger charge is 2.58. The van der Waals surface area contributed by atoms with Gasteiger partial charge >= 0.3 is 5.97 Å². The summed E-state index contributed by atoms with van der Waals surface area (Å²) in [5.41, 5.74) is 1.73. The second-order valence-corrected chi connectivity index (χ2v) is 10.2. The van der Waals surface area contributed by atoms with Crippen molar-refractivity contribution in [2.45, 2.75) is 24.5 Å². The van der Waals surface area contributed by atoms with E-state index in [4.69, 9.17) is 4.74 Å². The highest BCUT2D eigenvalue weighted by Crippen LogP contribution is 2.51. The van der Waals surface area contributed by atoms with Crippen LogP contribution >= 0.6 is 11.3 Å². The van der Waals surface area contributed by atoms with Gasteiger partial charge in [0.25, 0.3) is 5.91 Å². The Kier molecular flexibility index (Phi) is 7.79. The number of thiophene rings is 1. The van der Waals surface area contributed by atoms with Gasteiger partial charge in [0.15, 0.2) is 0 Å². The molecule has 7 nitrogen and oxygen atoms in total. The van der Waals surface area contributed by atoms with Gasteiger partial charge in [0.1, 0.15) is 11.9 Å². The molecule has 39 heavy (non-hydrogen) atoms. The molecule has 4 unspecified atom stereocenters. The zero-order valence-corrected chi connectivity index (χ0v) is 21.9. The molecular weight excluding hydrogens is 517 g/mol.